The van der Waals surface area contributed by atoms with E-state index in [2.05, 4.69) is 10.3 Å². The van der Waals surface area contributed by atoms with Gasteiger partial charge in [-0.3, -0.25) is 10.1 Å². The fraction of sp³-hybridized carbons (Fsp3) is 0. The Morgan fingerprint density at radius 1 is 1.29 bits per heavy atom. The highest BCUT2D eigenvalue weighted by Crippen LogP contribution is 2.29. The van der Waals surface area contributed by atoms with Gasteiger partial charge in [-0.2, -0.15) is 0 Å². The molecule has 1 aromatic heterocycles. The van der Waals surface area contributed by atoms with E-state index >= 15 is 0 Å². The zero-order valence-corrected chi connectivity index (χ0v) is 12.0. The van der Waals surface area contributed by atoms with Crippen molar-refractivity contribution in [3.05, 3.63) is 52.8 Å². The number of carbonyl (C=O) groups excluding carboxylic acids is 1. The molecule has 106 valence electrons. The van der Waals surface area contributed by atoms with Crippen molar-refractivity contribution in [2.75, 3.05) is 5.32 Å². The van der Waals surface area contributed by atoms with E-state index in [-0.39, 0.29) is 5.56 Å². The van der Waals surface area contributed by atoms with Crippen molar-refractivity contribution in [3.8, 4) is 5.75 Å². The van der Waals surface area contributed by atoms with Gasteiger partial charge in [-0.1, -0.05) is 22.9 Å². The highest BCUT2D eigenvalue weighted by atomic mass is 35.5. The van der Waals surface area contributed by atoms with E-state index in [1.54, 1.807) is 18.2 Å². The van der Waals surface area contributed by atoms with E-state index in [1.807, 2.05) is 0 Å². The van der Waals surface area contributed by atoms with Crippen LogP contribution in [0, 0.1) is 5.82 Å². The van der Waals surface area contributed by atoms with E-state index in [9.17, 15) is 14.3 Å². The molecule has 0 unspecified atom stereocenters. The van der Waals surface area contributed by atoms with Crippen molar-refractivity contribution < 1.29 is 14.3 Å². The number of anilines is 1. The van der Waals surface area contributed by atoms with Crippen molar-refractivity contribution in [1.82, 2.24) is 4.98 Å². The van der Waals surface area contributed by atoms with Gasteiger partial charge in [-0.25, -0.2) is 9.37 Å². The summed E-state index contributed by atoms with van der Waals surface area (Å²) in [5.41, 5.74) is 0.691. The minimum Gasteiger partial charge on any atom is -0.507 e. The van der Waals surface area contributed by atoms with Crippen LogP contribution in [0.3, 0.4) is 0 Å². The molecular formula is C14H8ClFN2O2S. The van der Waals surface area contributed by atoms with E-state index in [1.165, 1.54) is 17.4 Å². The molecule has 0 spiro atoms. The summed E-state index contributed by atoms with van der Waals surface area (Å²) in [6.07, 6.45) is 0. The summed E-state index contributed by atoms with van der Waals surface area (Å²) in [6, 6.07) is 8.41. The van der Waals surface area contributed by atoms with Crippen molar-refractivity contribution >= 4 is 44.2 Å². The number of phenols is 1. The van der Waals surface area contributed by atoms with Gasteiger partial charge < -0.3 is 5.11 Å². The number of benzene rings is 2. The first kappa shape index (κ1) is 13.8. The summed E-state index contributed by atoms with van der Waals surface area (Å²) in [7, 11) is 0. The third kappa shape index (κ3) is 2.81. The summed E-state index contributed by atoms with van der Waals surface area (Å²) >= 11 is 7.15. The summed E-state index contributed by atoms with van der Waals surface area (Å²) in [5.74, 6) is -1.59. The molecule has 3 rings (SSSR count). The molecule has 1 heterocycles. The lowest BCUT2D eigenvalue weighted by atomic mass is 10.2. The molecule has 3 aromatic rings. The molecule has 0 aliphatic heterocycles. The number of nitrogens with one attached hydrogen (secondary N) is 1. The fourth-order valence-electron chi connectivity index (χ4n) is 1.81. The summed E-state index contributed by atoms with van der Waals surface area (Å²) in [6.45, 7) is 0. The van der Waals surface area contributed by atoms with Gasteiger partial charge in [0.2, 0.25) is 0 Å². The summed E-state index contributed by atoms with van der Waals surface area (Å²) in [5, 5.41) is 13.1. The zero-order chi connectivity index (χ0) is 15.0. The minimum absolute atomic E-state index is 0.0197. The monoisotopic (exact) mass is 322 g/mol. The molecule has 0 aliphatic rings. The molecule has 4 nitrogen and oxygen atoms in total. The topological polar surface area (TPSA) is 62.2 Å². The largest absolute Gasteiger partial charge is 0.507 e. The number of thiazole rings is 1. The maximum atomic E-state index is 12.9. The number of phenolic OH excluding ortho intramolecular Hbond substituents is 1. The Kier molecular flexibility index (Phi) is 3.48. The lowest BCUT2D eigenvalue weighted by Gasteiger charge is -2.03. The Bertz CT molecular complexity index is 850. The smallest absolute Gasteiger partial charge is 0.261 e. The van der Waals surface area contributed by atoms with Crippen LogP contribution < -0.4 is 5.32 Å². The number of rotatable bonds is 2. The molecule has 2 N–H and O–H groups in total. The molecule has 7 heteroatoms. The van der Waals surface area contributed by atoms with Crippen LogP contribution in [-0.2, 0) is 0 Å². The molecule has 0 saturated carbocycles. The number of amides is 1. The first-order valence-corrected chi connectivity index (χ1v) is 7.08. The van der Waals surface area contributed by atoms with Crippen LogP contribution in [0.15, 0.2) is 36.4 Å². The number of nitrogens with zero attached hydrogens (tertiary/aromatic N) is 1. The number of fused-ring (bicyclic) bond motifs is 1. The van der Waals surface area contributed by atoms with E-state index in [0.717, 1.165) is 16.8 Å². The van der Waals surface area contributed by atoms with E-state index in [0.29, 0.717) is 15.7 Å². The van der Waals surface area contributed by atoms with Crippen molar-refractivity contribution in [3.63, 3.8) is 0 Å². The van der Waals surface area contributed by atoms with Crippen LogP contribution in [0.25, 0.3) is 10.2 Å². The van der Waals surface area contributed by atoms with E-state index in [4.69, 9.17) is 11.6 Å². The molecule has 0 radical (unpaired) electrons. The lowest BCUT2D eigenvalue weighted by molar-refractivity contribution is 0.102. The second-order valence-electron chi connectivity index (χ2n) is 4.25. The molecule has 2 aromatic carbocycles. The third-order valence-electron chi connectivity index (χ3n) is 2.78. The standard InChI is InChI=1S/C14H8ClFN2O2S/c15-7-1-4-10-12(5-7)21-14(17-10)18-13(20)9-3-2-8(16)6-11(9)19/h1-6,19H,(H,17,18,20). The Labute approximate surface area is 127 Å². The first-order valence-electron chi connectivity index (χ1n) is 5.89. The van der Waals surface area contributed by atoms with Crippen LogP contribution in [0.1, 0.15) is 10.4 Å². The minimum atomic E-state index is -0.612. The Morgan fingerprint density at radius 2 is 2.10 bits per heavy atom. The second-order valence-corrected chi connectivity index (χ2v) is 5.71. The highest BCUT2D eigenvalue weighted by Gasteiger charge is 2.14. The van der Waals surface area contributed by atoms with Gasteiger partial charge in [0.05, 0.1) is 15.8 Å². The first-order chi connectivity index (χ1) is 10.0. The van der Waals surface area contributed by atoms with Crippen LogP contribution >= 0.6 is 22.9 Å². The normalized spacial score (nSPS) is 10.8. The van der Waals surface area contributed by atoms with Gasteiger partial charge in [0.25, 0.3) is 5.91 Å². The maximum Gasteiger partial charge on any atom is 0.261 e. The number of hydrogen-bond donors (Lipinski definition) is 2. The van der Waals surface area contributed by atoms with Gasteiger partial charge >= 0.3 is 0 Å². The molecule has 0 saturated heterocycles. The molecule has 0 aliphatic carbocycles. The number of carbonyl (C=O) groups is 1. The van der Waals surface area contributed by atoms with Gasteiger partial charge in [0.1, 0.15) is 11.6 Å². The second kappa shape index (κ2) is 5.31. The SMILES string of the molecule is O=C(Nc1nc2ccc(Cl)cc2s1)c1ccc(F)cc1O. The lowest BCUT2D eigenvalue weighted by Crippen LogP contribution is -2.11. The van der Waals surface area contributed by atoms with Crippen molar-refractivity contribution in [2.24, 2.45) is 0 Å². The van der Waals surface area contributed by atoms with Crippen molar-refractivity contribution in [2.45, 2.75) is 0 Å². The summed E-state index contributed by atoms with van der Waals surface area (Å²) < 4.78 is 13.7. The van der Waals surface area contributed by atoms with Gasteiger partial charge in [0, 0.05) is 11.1 Å². The van der Waals surface area contributed by atoms with Crippen molar-refractivity contribution in [1.29, 1.82) is 0 Å². The van der Waals surface area contributed by atoms with Gasteiger partial charge in [-0.05, 0) is 30.3 Å². The maximum absolute atomic E-state index is 12.9. The summed E-state index contributed by atoms with van der Waals surface area (Å²) in [4.78, 5) is 16.3. The number of aromatic hydroxyl groups is 1. The number of aromatic nitrogens is 1. The van der Waals surface area contributed by atoms with Crippen LogP contribution in [0.5, 0.6) is 5.75 Å². The third-order valence-corrected chi connectivity index (χ3v) is 3.94. The quantitative estimate of drug-likeness (QED) is 0.748. The Hall–Kier alpha value is -2.18. The zero-order valence-electron chi connectivity index (χ0n) is 10.4. The average molecular weight is 323 g/mol. The molecule has 0 fully saturated rings. The van der Waals surface area contributed by atoms with Crippen LogP contribution in [-0.4, -0.2) is 16.0 Å². The Morgan fingerprint density at radius 3 is 2.86 bits per heavy atom. The van der Waals surface area contributed by atoms with Gasteiger partial charge in [0.15, 0.2) is 5.13 Å². The average Bonchev–Trinajstić information content (AvgIpc) is 2.79. The molecule has 0 bridgehead atoms. The molecular weight excluding hydrogens is 315 g/mol. The molecule has 0 atom stereocenters. The predicted octanol–water partition coefficient (Wildman–Crippen LogP) is 4.05. The van der Waals surface area contributed by atoms with Gasteiger partial charge in [-0.15, -0.1) is 0 Å². The molecule has 21 heavy (non-hydrogen) atoms. The predicted molar refractivity (Wildman–Crippen MR) is 80.6 cm³/mol. The van der Waals surface area contributed by atoms with E-state index < -0.39 is 17.5 Å². The Balaban J connectivity index is 1.89. The highest BCUT2D eigenvalue weighted by molar-refractivity contribution is 7.22. The van der Waals surface area contributed by atoms with Crippen LogP contribution in [0.2, 0.25) is 5.02 Å². The molecule has 1 amide bonds. The van der Waals surface area contributed by atoms with Crippen LogP contribution in [0.4, 0.5) is 9.52 Å². The fourth-order valence-corrected chi connectivity index (χ4v) is 2.95. The number of halogens is 2. The number of hydrogen-bond acceptors (Lipinski definition) is 4.